The van der Waals surface area contributed by atoms with Crippen LogP contribution in [0.25, 0.3) is 0 Å². The number of ether oxygens (including phenoxy) is 3. The Morgan fingerprint density at radius 2 is 1.96 bits per heavy atom. The highest BCUT2D eigenvalue weighted by Gasteiger charge is 2.43. The lowest BCUT2D eigenvalue weighted by Crippen LogP contribution is -2.25. The molecule has 0 unspecified atom stereocenters. The van der Waals surface area contributed by atoms with E-state index in [1.807, 2.05) is 0 Å². The van der Waals surface area contributed by atoms with E-state index in [-0.39, 0.29) is 34.2 Å². The van der Waals surface area contributed by atoms with Crippen LogP contribution in [0.3, 0.4) is 0 Å². The highest BCUT2D eigenvalue weighted by atomic mass is 19.3. The molecule has 0 fully saturated rings. The van der Waals surface area contributed by atoms with E-state index in [1.165, 1.54) is 18.2 Å². The van der Waals surface area contributed by atoms with Crippen molar-refractivity contribution < 1.29 is 37.5 Å². The van der Waals surface area contributed by atoms with Crippen molar-refractivity contribution in [1.82, 2.24) is 0 Å². The SMILES string of the molecule is O=Cc1cc([N+](=O)[O-])ccc1OCC(=O)Nc1ccc2c(c1)OC(F)(F)O2. The highest BCUT2D eigenvalue weighted by Crippen LogP contribution is 2.42. The number of hydrogen-bond acceptors (Lipinski definition) is 7. The smallest absolute Gasteiger partial charge is 0.483 e. The van der Waals surface area contributed by atoms with Gasteiger partial charge in [-0.2, -0.15) is 0 Å². The van der Waals surface area contributed by atoms with Crippen LogP contribution in [0.1, 0.15) is 10.4 Å². The molecule has 0 saturated carbocycles. The number of nitro groups is 1. The van der Waals surface area contributed by atoms with Gasteiger partial charge in [-0.15, -0.1) is 8.78 Å². The van der Waals surface area contributed by atoms with Crippen LogP contribution < -0.4 is 19.5 Å². The van der Waals surface area contributed by atoms with E-state index in [4.69, 9.17) is 4.74 Å². The molecule has 0 bridgehead atoms. The molecule has 0 atom stereocenters. The summed E-state index contributed by atoms with van der Waals surface area (Å²) < 4.78 is 39.6. The number of rotatable bonds is 6. The van der Waals surface area contributed by atoms with Crippen molar-refractivity contribution in [2.24, 2.45) is 0 Å². The van der Waals surface area contributed by atoms with Crippen LogP contribution in [0.4, 0.5) is 20.2 Å². The molecule has 11 heteroatoms. The predicted octanol–water partition coefficient (Wildman–Crippen LogP) is 2.75. The quantitative estimate of drug-likeness (QED) is 0.465. The third-order valence-corrected chi connectivity index (χ3v) is 3.37. The lowest BCUT2D eigenvalue weighted by Gasteiger charge is -2.09. The Bertz CT molecular complexity index is 933. The van der Waals surface area contributed by atoms with Crippen molar-refractivity contribution in [2.75, 3.05) is 11.9 Å². The van der Waals surface area contributed by atoms with Gasteiger partial charge in [0.1, 0.15) is 5.75 Å². The fraction of sp³-hybridized carbons (Fsp3) is 0.125. The number of hydrogen-bond donors (Lipinski definition) is 1. The van der Waals surface area contributed by atoms with Crippen molar-refractivity contribution in [3.63, 3.8) is 0 Å². The minimum Gasteiger partial charge on any atom is -0.483 e. The zero-order valence-corrected chi connectivity index (χ0v) is 13.3. The minimum atomic E-state index is -3.77. The van der Waals surface area contributed by atoms with E-state index in [1.54, 1.807) is 0 Å². The number of carbonyl (C=O) groups is 2. The number of anilines is 1. The summed E-state index contributed by atoms with van der Waals surface area (Å²) in [7, 11) is 0. The zero-order valence-electron chi connectivity index (χ0n) is 13.3. The van der Waals surface area contributed by atoms with Crippen LogP contribution in [0.5, 0.6) is 17.2 Å². The van der Waals surface area contributed by atoms with Crippen molar-refractivity contribution >= 4 is 23.6 Å². The summed E-state index contributed by atoms with van der Waals surface area (Å²) in [5.41, 5.74) is -0.240. The molecule has 0 aliphatic carbocycles. The fourth-order valence-corrected chi connectivity index (χ4v) is 2.24. The zero-order chi connectivity index (χ0) is 19.6. The number of carbonyl (C=O) groups excluding carboxylic acids is 2. The van der Waals surface area contributed by atoms with Crippen LogP contribution in [-0.4, -0.2) is 30.0 Å². The minimum absolute atomic E-state index is 0.0175. The topological polar surface area (TPSA) is 117 Å². The Morgan fingerprint density at radius 3 is 2.67 bits per heavy atom. The first-order valence-corrected chi connectivity index (χ1v) is 7.33. The molecule has 0 spiro atoms. The number of aldehydes is 1. The summed E-state index contributed by atoms with van der Waals surface area (Å²) >= 11 is 0. The molecule has 1 aliphatic rings. The number of nitrogens with one attached hydrogen (secondary N) is 1. The average molecular weight is 380 g/mol. The van der Waals surface area contributed by atoms with Gasteiger partial charge < -0.3 is 19.5 Å². The lowest BCUT2D eigenvalue weighted by molar-refractivity contribution is -0.384. The van der Waals surface area contributed by atoms with Crippen LogP contribution in [-0.2, 0) is 4.79 Å². The molecule has 1 N–H and O–H groups in total. The van der Waals surface area contributed by atoms with Crippen molar-refractivity contribution in [3.8, 4) is 17.2 Å². The average Bonchev–Trinajstić information content (AvgIpc) is 2.92. The van der Waals surface area contributed by atoms with E-state index in [0.717, 1.165) is 18.2 Å². The number of nitro benzene ring substituents is 1. The number of benzene rings is 2. The van der Waals surface area contributed by atoms with Gasteiger partial charge in [0.15, 0.2) is 24.4 Å². The van der Waals surface area contributed by atoms with Gasteiger partial charge in [-0.05, 0) is 18.2 Å². The highest BCUT2D eigenvalue weighted by molar-refractivity contribution is 5.92. The maximum Gasteiger partial charge on any atom is 0.586 e. The molecule has 2 aromatic carbocycles. The van der Waals surface area contributed by atoms with Gasteiger partial charge in [0.25, 0.3) is 11.6 Å². The van der Waals surface area contributed by atoms with Crippen LogP contribution in [0.15, 0.2) is 36.4 Å². The van der Waals surface area contributed by atoms with E-state index >= 15 is 0 Å². The number of alkyl halides is 2. The maximum atomic E-state index is 13.0. The van der Waals surface area contributed by atoms with Gasteiger partial charge in [0.2, 0.25) is 0 Å². The predicted molar refractivity (Wildman–Crippen MR) is 85.3 cm³/mol. The molecule has 1 amide bonds. The Morgan fingerprint density at radius 1 is 1.22 bits per heavy atom. The number of non-ortho nitro benzene ring substituents is 1. The maximum absolute atomic E-state index is 13.0. The van der Waals surface area contributed by atoms with Gasteiger partial charge in [-0.25, -0.2) is 0 Å². The first-order valence-electron chi connectivity index (χ1n) is 7.33. The summed E-state index contributed by atoms with van der Waals surface area (Å²) in [5.74, 6) is -1.08. The van der Waals surface area contributed by atoms with Gasteiger partial charge in [0, 0.05) is 23.9 Å². The summed E-state index contributed by atoms with van der Waals surface area (Å²) in [6.45, 7) is -0.525. The Balaban J connectivity index is 1.63. The summed E-state index contributed by atoms with van der Waals surface area (Å²) in [6.07, 6.45) is -3.41. The van der Waals surface area contributed by atoms with E-state index in [2.05, 4.69) is 14.8 Å². The third kappa shape index (κ3) is 4.08. The molecular weight excluding hydrogens is 370 g/mol. The molecule has 9 nitrogen and oxygen atoms in total. The summed E-state index contributed by atoms with van der Waals surface area (Å²) in [4.78, 5) is 33.0. The molecule has 2 aromatic rings. The number of halogens is 2. The van der Waals surface area contributed by atoms with E-state index < -0.39 is 23.7 Å². The molecule has 1 aliphatic heterocycles. The largest absolute Gasteiger partial charge is 0.586 e. The van der Waals surface area contributed by atoms with Gasteiger partial charge in [0.05, 0.1) is 10.5 Å². The number of nitrogens with zero attached hydrogens (tertiary/aromatic N) is 1. The second-order valence-corrected chi connectivity index (χ2v) is 5.26. The molecule has 0 aromatic heterocycles. The Hall–Kier alpha value is -3.76. The normalized spacial score (nSPS) is 13.7. The van der Waals surface area contributed by atoms with Crippen LogP contribution in [0, 0.1) is 10.1 Å². The first-order chi connectivity index (χ1) is 12.8. The van der Waals surface area contributed by atoms with Gasteiger partial charge in [-0.1, -0.05) is 0 Å². The van der Waals surface area contributed by atoms with Gasteiger partial charge >= 0.3 is 6.29 Å². The van der Waals surface area contributed by atoms with Crippen LogP contribution in [0.2, 0.25) is 0 Å². The van der Waals surface area contributed by atoms with Crippen molar-refractivity contribution in [1.29, 1.82) is 0 Å². The second kappa shape index (κ2) is 6.86. The molecule has 0 saturated heterocycles. The fourth-order valence-electron chi connectivity index (χ4n) is 2.24. The molecule has 27 heavy (non-hydrogen) atoms. The monoisotopic (exact) mass is 380 g/mol. The van der Waals surface area contributed by atoms with Gasteiger partial charge in [-0.3, -0.25) is 19.7 Å². The second-order valence-electron chi connectivity index (χ2n) is 5.26. The molecular formula is C16H10F2N2O7. The number of fused-ring (bicyclic) bond motifs is 1. The summed E-state index contributed by atoms with van der Waals surface area (Å²) in [6, 6.07) is 7.00. The molecule has 1 heterocycles. The standard InChI is InChI=1S/C16H10F2N2O7/c17-16(18)26-13-3-1-10(6-14(13)27-16)19-15(22)8-25-12-4-2-11(20(23)24)5-9(12)7-21/h1-7H,8H2,(H,19,22). The lowest BCUT2D eigenvalue weighted by atomic mass is 10.2. The van der Waals surface area contributed by atoms with E-state index in [9.17, 15) is 28.5 Å². The Kier molecular flexibility index (Phi) is 4.59. The van der Waals surface area contributed by atoms with Crippen LogP contribution >= 0.6 is 0 Å². The third-order valence-electron chi connectivity index (χ3n) is 3.37. The molecule has 0 radical (unpaired) electrons. The Labute approximate surface area is 149 Å². The van der Waals surface area contributed by atoms with Crippen molar-refractivity contribution in [3.05, 3.63) is 52.1 Å². The molecule has 140 valence electrons. The van der Waals surface area contributed by atoms with Crippen molar-refractivity contribution in [2.45, 2.75) is 6.29 Å². The summed E-state index contributed by atoms with van der Waals surface area (Å²) in [5, 5.41) is 13.1. The molecule has 3 rings (SSSR count). The first kappa shape index (κ1) is 18.0. The number of amides is 1. The van der Waals surface area contributed by atoms with E-state index in [0.29, 0.717) is 6.29 Å².